The average Bonchev–Trinajstić information content (AvgIpc) is 1.58. The molecule has 0 aliphatic carbocycles. The van der Waals surface area contributed by atoms with Crippen LogP contribution in [0.1, 0.15) is 27.4 Å². The molecule has 0 saturated heterocycles. The molecule has 87 heavy (non-hydrogen) atoms. The predicted octanol–water partition coefficient (Wildman–Crippen LogP) is 20.8. The van der Waals surface area contributed by atoms with Crippen molar-refractivity contribution in [1.82, 2.24) is 28.7 Å². The molecule has 0 fully saturated rings. The Kier molecular flexibility index (Phi) is 7.92. The van der Waals surface area contributed by atoms with Crippen LogP contribution in [0.4, 0.5) is 0 Å². The van der Waals surface area contributed by atoms with Crippen molar-refractivity contribution in [3.8, 4) is 95.7 Å². The van der Waals surface area contributed by atoms with Gasteiger partial charge in [0.05, 0.1) is 71.9 Å². The van der Waals surface area contributed by atoms with Crippen LogP contribution in [0.3, 0.4) is 0 Å². The maximum Gasteiger partial charge on any atom is 0.238 e. The zero-order chi connectivity index (χ0) is 74.8. The highest BCUT2D eigenvalue weighted by Crippen LogP contribution is 2.43. The molecule has 0 spiro atoms. The molecule has 0 unspecified atom stereocenters. The number of hydrogen-bond donors (Lipinski definition) is 0. The van der Waals surface area contributed by atoms with Crippen LogP contribution in [-0.2, 0) is 0 Å². The topological polar surface area (TPSA) is 53.5 Å². The quantitative estimate of drug-likeness (QED) is 0.137. The van der Waals surface area contributed by atoms with E-state index in [9.17, 15) is 0 Å². The molecule has 0 radical (unpaired) electrons. The first kappa shape index (κ1) is 33.5. The lowest BCUT2D eigenvalue weighted by atomic mass is 10.0. The molecular weight excluding hydrogens is 1060 g/mol. The van der Waals surface area contributed by atoms with Crippen LogP contribution in [0.15, 0.2) is 315 Å². The van der Waals surface area contributed by atoms with Gasteiger partial charge in [0.25, 0.3) is 0 Å². The Bertz CT molecular complexity index is 6090. The molecule has 0 atom stereocenters. The zero-order valence-corrected chi connectivity index (χ0v) is 45.7. The van der Waals surface area contributed by atoms with Crippen molar-refractivity contribution in [2.75, 3.05) is 0 Å². The number of para-hydroxylation sites is 3. The minimum absolute atomic E-state index is 0.0510. The summed E-state index contributed by atoms with van der Waals surface area (Å²) in [6.45, 7) is 0. The van der Waals surface area contributed by atoms with E-state index in [1.54, 1.807) is 72.8 Å². The fraction of sp³-hybridized carbons (Fsp3) is 0. The van der Waals surface area contributed by atoms with E-state index < -0.39 is 121 Å². The fourth-order valence-electron chi connectivity index (χ4n) is 12.2. The van der Waals surface area contributed by atoms with Gasteiger partial charge in [0, 0.05) is 43.4 Å². The third-order valence-electron chi connectivity index (χ3n) is 16.1. The fourth-order valence-corrected chi connectivity index (χ4v) is 12.2. The van der Waals surface area contributed by atoms with E-state index in [4.69, 9.17) is 42.4 Å². The molecule has 17 rings (SSSR count). The molecule has 0 saturated carbocycles. The van der Waals surface area contributed by atoms with Gasteiger partial charge in [-0.05, 0) is 147 Å². The standard InChI is InChI=1S/C81H52N6/c1-6-22-53(23-7-1)58-42-47-78-66(48-58)63-32-16-19-35-71(63)87(78)81-83-79(64-33-17-20-36-72(64)85-74-43-38-59(54-24-8-2-9-25-54)49-67(74)68-50-60(39-44-75(68)85)55-26-10-3-11-27-55)82-80(84-81)65-34-18-21-37-73(65)86-76-45-40-61(56-28-12-4-13-29-56)51-69(76)70-52-62(41-46-77(70)86)57-30-14-5-15-31-57/h1-52H/i2D,3D,4D,5D,8D,9D,10D,11D,12D,13D,14D,15D,24D,25D,26D,27D,28D,29D,30D,31D. The first-order valence-electron chi connectivity index (χ1n) is 37.9. The van der Waals surface area contributed by atoms with Crippen LogP contribution in [0.2, 0.25) is 0 Å². The minimum Gasteiger partial charge on any atom is -0.309 e. The molecule has 6 nitrogen and oxygen atoms in total. The first-order valence-corrected chi connectivity index (χ1v) is 27.9. The number of hydrogen-bond acceptors (Lipinski definition) is 3. The third kappa shape index (κ3) is 8.45. The molecule has 406 valence electrons. The van der Waals surface area contributed by atoms with E-state index in [1.165, 1.54) is 0 Å². The van der Waals surface area contributed by atoms with Crippen LogP contribution in [0, 0.1) is 0 Å². The Hall–Kier alpha value is -11.7. The molecule has 13 aromatic carbocycles. The lowest BCUT2D eigenvalue weighted by molar-refractivity contribution is 0.950. The van der Waals surface area contributed by atoms with Crippen LogP contribution < -0.4 is 0 Å². The Morgan fingerprint density at radius 1 is 0.230 bits per heavy atom. The summed E-state index contributed by atoms with van der Waals surface area (Å²) in [6, 6.07) is 49.9. The van der Waals surface area contributed by atoms with Crippen molar-refractivity contribution in [2.24, 2.45) is 0 Å². The third-order valence-corrected chi connectivity index (χ3v) is 16.1. The number of nitrogens with zero attached hydrogens (tertiary/aromatic N) is 6. The van der Waals surface area contributed by atoms with Crippen molar-refractivity contribution in [3.05, 3.63) is 315 Å². The molecule has 0 amide bonds. The number of fused-ring (bicyclic) bond motifs is 9. The van der Waals surface area contributed by atoms with Crippen molar-refractivity contribution in [3.63, 3.8) is 0 Å². The Labute approximate surface area is 530 Å². The number of aromatic nitrogens is 6. The highest BCUT2D eigenvalue weighted by molar-refractivity contribution is 6.14. The summed E-state index contributed by atoms with van der Waals surface area (Å²) >= 11 is 0. The van der Waals surface area contributed by atoms with E-state index >= 15 is 0 Å². The van der Waals surface area contributed by atoms with Crippen molar-refractivity contribution >= 4 is 65.4 Å². The van der Waals surface area contributed by atoms with E-state index in [2.05, 4.69) is 6.07 Å². The summed E-state index contributed by atoms with van der Waals surface area (Å²) in [4.78, 5) is 16.5. The number of benzene rings is 13. The summed E-state index contributed by atoms with van der Waals surface area (Å²) < 4.78 is 181. The van der Waals surface area contributed by atoms with Gasteiger partial charge in [-0.3, -0.25) is 4.57 Å². The van der Waals surface area contributed by atoms with E-state index in [1.807, 2.05) is 129 Å². The van der Waals surface area contributed by atoms with Gasteiger partial charge in [-0.2, -0.15) is 9.97 Å². The Morgan fingerprint density at radius 2 is 0.540 bits per heavy atom. The summed E-state index contributed by atoms with van der Waals surface area (Å²) in [7, 11) is 0. The molecule has 4 heterocycles. The minimum atomic E-state index is -0.561. The molecule has 0 N–H and O–H groups in total. The van der Waals surface area contributed by atoms with Gasteiger partial charge in [-0.15, -0.1) is 0 Å². The van der Waals surface area contributed by atoms with Crippen LogP contribution in [0.5, 0.6) is 0 Å². The van der Waals surface area contributed by atoms with Gasteiger partial charge in [0.15, 0.2) is 11.6 Å². The van der Waals surface area contributed by atoms with Gasteiger partial charge in [-0.25, -0.2) is 4.98 Å². The molecule has 0 aliphatic rings. The van der Waals surface area contributed by atoms with Crippen LogP contribution in [0.25, 0.3) is 161 Å². The average molecular weight is 1130 g/mol. The van der Waals surface area contributed by atoms with E-state index in [0.717, 1.165) is 32.9 Å². The maximum absolute atomic E-state index is 9.05. The van der Waals surface area contributed by atoms with Crippen molar-refractivity contribution in [2.45, 2.75) is 0 Å². The predicted molar refractivity (Wildman–Crippen MR) is 361 cm³/mol. The monoisotopic (exact) mass is 1130 g/mol. The van der Waals surface area contributed by atoms with Crippen LogP contribution in [-0.4, -0.2) is 28.7 Å². The normalized spacial score (nSPS) is 14.9. The molecule has 4 aromatic heterocycles. The zero-order valence-electron chi connectivity index (χ0n) is 65.7. The van der Waals surface area contributed by atoms with Gasteiger partial charge in [0.2, 0.25) is 5.95 Å². The van der Waals surface area contributed by atoms with Crippen LogP contribution >= 0.6 is 0 Å². The van der Waals surface area contributed by atoms with E-state index in [0.29, 0.717) is 66.1 Å². The summed E-state index contributed by atoms with van der Waals surface area (Å²) in [6.07, 6.45) is 0. The van der Waals surface area contributed by atoms with Gasteiger partial charge in [-0.1, -0.05) is 224 Å². The smallest absolute Gasteiger partial charge is 0.238 e. The summed E-state index contributed by atoms with van der Waals surface area (Å²) in [5.41, 5.74) is 8.64. The molecule has 17 aromatic rings. The second kappa shape index (κ2) is 20.6. The van der Waals surface area contributed by atoms with E-state index in [-0.39, 0.29) is 62.1 Å². The molecule has 0 bridgehead atoms. The Balaban J connectivity index is 0.945. The largest absolute Gasteiger partial charge is 0.309 e. The summed E-state index contributed by atoms with van der Waals surface area (Å²) in [5, 5.41) is 3.83. The lowest BCUT2D eigenvalue weighted by Crippen LogP contribution is -2.09. The molecule has 6 heteroatoms. The number of rotatable bonds is 10. The molecule has 0 aliphatic heterocycles. The highest BCUT2D eigenvalue weighted by Gasteiger charge is 2.25. The molecular formula is C81H52N6. The van der Waals surface area contributed by atoms with Crippen molar-refractivity contribution in [1.29, 1.82) is 0 Å². The second-order valence-electron chi connectivity index (χ2n) is 20.9. The van der Waals surface area contributed by atoms with Gasteiger partial charge in [0.1, 0.15) is 0 Å². The van der Waals surface area contributed by atoms with Gasteiger partial charge >= 0.3 is 0 Å². The first-order chi connectivity index (χ1) is 51.4. The van der Waals surface area contributed by atoms with Gasteiger partial charge < -0.3 is 9.13 Å². The summed E-state index contributed by atoms with van der Waals surface area (Å²) in [5.74, 6) is 0.561. The maximum atomic E-state index is 9.05. The SMILES string of the molecule is [2H]c1c([2H])c([2H])c(-c2ccc3c(c2)c2cc(-c4c([2H])c([2H])c([2H])c([2H])c4[2H])ccc2n3-c2ccccc2-c2nc(-c3ccccc3-n3c4ccc(-c5c([2H])c([2H])c([2H])c([2H])c5[2H])cc4c4cc(-c5c([2H])c([2H])c([2H])c([2H])c5[2H])ccc43)nc(-n3c4ccccc4c4cc(-c5ccccc5)ccc43)n2)c([2H])c1[2H]. The van der Waals surface area contributed by atoms with Crippen molar-refractivity contribution < 1.29 is 27.4 Å². The highest BCUT2D eigenvalue weighted by atomic mass is 15.2. The second-order valence-corrected chi connectivity index (χ2v) is 20.9. The Morgan fingerprint density at radius 3 is 0.943 bits per heavy atom. The lowest BCUT2D eigenvalue weighted by Gasteiger charge is -2.17.